The molecule has 1 amide bonds. The molecule has 1 aromatic heterocycles. The highest BCUT2D eigenvalue weighted by Crippen LogP contribution is 2.27. The number of anilines is 1. The standard InChI is InChI=1S/C16H10N4O/c17-8-10-5-6-13-14(7-10)19-16(18-13)20-9-11-3-1-2-4-12(11)15(20)21/h1-7H,9H2,(H,18,19). The van der Waals surface area contributed by atoms with Crippen LogP contribution in [0.25, 0.3) is 11.0 Å². The van der Waals surface area contributed by atoms with Crippen LogP contribution in [-0.4, -0.2) is 15.9 Å². The third-order valence-electron chi connectivity index (χ3n) is 3.68. The molecule has 0 atom stereocenters. The summed E-state index contributed by atoms with van der Waals surface area (Å²) in [6.45, 7) is 0.514. The molecule has 0 spiro atoms. The molecule has 0 fully saturated rings. The Balaban J connectivity index is 1.79. The number of hydrogen-bond donors (Lipinski definition) is 1. The van der Waals surface area contributed by atoms with E-state index in [4.69, 9.17) is 5.26 Å². The molecule has 0 unspecified atom stereocenters. The summed E-state index contributed by atoms with van der Waals surface area (Å²) in [7, 11) is 0. The first kappa shape index (κ1) is 11.7. The first-order chi connectivity index (χ1) is 10.3. The summed E-state index contributed by atoms with van der Waals surface area (Å²) in [4.78, 5) is 21.6. The molecule has 0 bridgehead atoms. The Morgan fingerprint density at radius 2 is 2.10 bits per heavy atom. The van der Waals surface area contributed by atoms with Gasteiger partial charge in [-0.2, -0.15) is 5.26 Å². The molecule has 21 heavy (non-hydrogen) atoms. The van der Waals surface area contributed by atoms with Gasteiger partial charge < -0.3 is 4.98 Å². The molecule has 100 valence electrons. The maximum atomic E-state index is 12.4. The SMILES string of the molecule is N#Cc1ccc2nc(N3Cc4ccccc4C3=O)[nH]c2c1. The minimum Gasteiger partial charge on any atom is -0.324 e. The highest BCUT2D eigenvalue weighted by molar-refractivity contribution is 6.09. The van der Waals surface area contributed by atoms with E-state index in [-0.39, 0.29) is 5.91 Å². The first-order valence-electron chi connectivity index (χ1n) is 6.56. The van der Waals surface area contributed by atoms with E-state index in [1.807, 2.05) is 24.3 Å². The zero-order chi connectivity index (χ0) is 14.4. The number of hydrogen-bond acceptors (Lipinski definition) is 3. The van der Waals surface area contributed by atoms with Crippen molar-refractivity contribution < 1.29 is 4.79 Å². The molecule has 2 aromatic carbocycles. The van der Waals surface area contributed by atoms with Crippen LogP contribution < -0.4 is 4.90 Å². The molecule has 2 heterocycles. The van der Waals surface area contributed by atoms with Crippen LogP contribution in [0.3, 0.4) is 0 Å². The number of aromatic nitrogens is 2. The average molecular weight is 274 g/mol. The van der Waals surface area contributed by atoms with Gasteiger partial charge in [-0.15, -0.1) is 0 Å². The van der Waals surface area contributed by atoms with E-state index in [0.29, 0.717) is 18.1 Å². The van der Waals surface area contributed by atoms with Gasteiger partial charge in [0.2, 0.25) is 5.95 Å². The first-order valence-corrected chi connectivity index (χ1v) is 6.56. The van der Waals surface area contributed by atoms with Crippen LogP contribution in [0.15, 0.2) is 42.5 Å². The van der Waals surface area contributed by atoms with E-state index in [0.717, 1.165) is 22.2 Å². The largest absolute Gasteiger partial charge is 0.324 e. The lowest BCUT2D eigenvalue weighted by Crippen LogP contribution is -2.24. The van der Waals surface area contributed by atoms with E-state index in [1.54, 1.807) is 23.1 Å². The van der Waals surface area contributed by atoms with Gasteiger partial charge in [0.1, 0.15) is 0 Å². The molecule has 5 nitrogen and oxygen atoms in total. The smallest absolute Gasteiger partial charge is 0.261 e. The van der Waals surface area contributed by atoms with Crippen molar-refractivity contribution in [3.63, 3.8) is 0 Å². The lowest BCUT2D eigenvalue weighted by Gasteiger charge is -2.10. The highest BCUT2D eigenvalue weighted by Gasteiger charge is 2.29. The van der Waals surface area contributed by atoms with Gasteiger partial charge in [0, 0.05) is 5.56 Å². The molecule has 0 saturated carbocycles. The Hall–Kier alpha value is -3.13. The van der Waals surface area contributed by atoms with Crippen LogP contribution >= 0.6 is 0 Å². The summed E-state index contributed by atoms with van der Waals surface area (Å²) in [5.74, 6) is 0.464. The number of nitrogens with zero attached hydrogens (tertiary/aromatic N) is 3. The molecule has 5 heteroatoms. The van der Waals surface area contributed by atoms with Gasteiger partial charge in [0.05, 0.1) is 29.2 Å². The Morgan fingerprint density at radius 3 is 2.90 bits per heavy atom. The minimum atomic E-state index is -0.0508. The quantitative estimate of drug-likeness (QED) is 0.741. The molecule has 1 N–H and O–H groups in total. The summed E-state index contributed by atoms with van der Waals surface area (Å²) >= 11 is 0. The van der Waals surface area contributed by atoms with E-state index in [1.165, 1.54) is 0 Å². The van der Waals surface area contributed by atoms with Crippen molar-refractivity contribution in [2.24, 2.45) is 0 Å². The van der Waals surface area contributed by atoms with Crippen LogP contribution in [0.1, 0.15) is 21.5 Å². The number of rotatable bonds is 1. The Bertz CT molecular complexity index is 919. The maximum Gasteiger partial charge on any atom is 0.261 e. The lowest BCUT2D eigenvalue weighted by atomic mass is 10.1. The van der Waals surface area contributed by atoms with Gasteiger partial charge in [-0.1, -0.05) is 18.2 Å². The van der Waals surface area contributed by atoms with E-state index < -0.39 is 0 Å². The second kappa shape index (κ2) is 4.18. The van der Waals surface area contributed by atoms with Gasteiger partial charge in [-0.25, -0.2) is 4.98 Å². The normalized spacial score (nSPS) is 13.5. The van der Waals surface area contributed by atoms with Gasteiger partial charge in [0.15, 0.2) is 0 Å². The molecular weight excluding hydrogens is 264 g/mol. The zero-order valence-electron chi connectivity index (χ0n) is 11.0. The zero-order valence-corrected chi connectivity index (χ0v) is 11.0. The Morgan fingerprint density at radius 1 is 1.24 bits per heavy atom. The number of benzene rings is 2. The number of imidazole rings is 1. The molecular formula is C16H10N4O. The predicted octanol–water partition coefficient (Wildman–Crippen LogP) is 2.59. The Kier molecular flexibility index (Phi) is 2.33. The number of H-pyrrole nitrogens is 1. The number of amides is 1. The van der Waals surface area contributed by atoms with Crippen molar-refractivity contribution in [2.45, 2.75) is 6.54 Å². The van der Waals surface area contributed by atoms with Gasteiger partial charge in [0.25, 0.3) is 5.91 Å². The summed E-state index contributed by atoms with van der Waals surface area (Å²) in [6.07, 6.45) is 0. The fourth-order valence-electron chi connectivity index (χ4n) is 2.62. The summed E-state index contributed by atoms with van der Waals surface area (Å²) in [6, 6.07) is 14.9. The molecule has 3 aromatic rings. The number of nitriles is 1. The number of aromatic amines is 1. The third kappa shape index (κ3) is 1.70. The van der Waals surface area contributed by atoms with E-state index >= 15 is 0 Å². The molecule has 1 aliphatic heterocycles. The molecule has 0 saturated heterocycles. The third-order valence-corrected chi connectivity index (χ3v) is 3.68. The van der Waals surface area contributed by atoms with Crippen LogP contribution in [0.4, 0.5) is 5.95 Å². The number of fused-ring (bicyclic) bond motifs is 2. The van der Waals surface area contributed by atoms with Crippen molar-refractivity contribution in [1.82, 2.24) is 9.97 Å². The number of carbonyl (C=O) groups excluding carboxylic acids is 1. The van der Waals surface area contributed by atoms with Gasteiger partial charge in [-0.3, -0.25) is 9.69 Å². The molecule has 4 rings (SSSR count). The summed E-state index contributed by atoms with van der Waals surface area (Å²) in [5, 5.41) is 8.93. The van der Waals surface area contributed by atoms with Crippen molar-refractivity contribution in [2.75, 3.05) is 4.90 Å². The summed E-state index contributed by atoms with van der Waals surface area (Å²) in [5.41, 5.74) is 3.78. The fraction of sp³-hybridized carbons (Fsp3) is 0.0625. The topological polar surface area (TPSA) is 72.8 Å². The second-order valence-corrected chi connectivity index (χ2v) is 4.95. The number of nitrogens with one attached hydrogen (secondary N) is 1. The highest BCUT2D eigenvalue weighted by atomic mass is 16.2. The van der Waals surface area contributed by atoms with Crippen molar-refractivity contribution >= 4 is 22.9 Å². The van der Waals surface area contributed by atoms with Crippen molar-refractivity contribution in [3.05, 3.63) is 59.2 Å². The fourth-order valence-corrected chi connectivity index (χ4v) is 2.62. The number of carbonyl (C=O) groups is 1. The lowest BCUT2D eigenvalue weighted by molar-refractivity contribution is 0.0995. The van der Waals surface area contributed by atoms with E-state index in [9.17, 15) is 4.79 Å². The second-order valence-electron chi connectivity index (χ2n) is 4.95. The van der Waals surface area contributed by atoms with E-state index in [2.05, 4.69) is 16.0 Å². The average Bonchev–Trinajstić information content (AvgIpc) is 3.08. The van der Waals surface area contributed by atoms with Crippen LogP contribution in [-0.2, 0) is 6.54 Å². The predicted molar refractivity (Wildman–Crippen MR) is 77.8 cm³/mol. The van der Waals surface area contributed by atoms with Crippen LogP contribution in [0, 0.1) is 11.3 Å². The molecule has 0 aliphatic carbocycles. The monoisotopic (exact) mass is 274 g/mol. The van der Waals surface area contributed by atoms with Crippen molar-refractivity contribution in [1.29, 1.82) is 5.26 Å². The van der Waals surface area contributed by atoms with Crippen LogP contribution in [0.2, 0.25) is 0 Å². The summed E-state index contributed by atoms with van der Waals surface area (Å²) < 4.78 is 0. The molecule has 1 aliphatic rings. The maximum absolute atomic E-state index is 12.4. The van der Waals surface area contributed by atoms with Gasteiger partial charge >= 0.3 is 0 Å². The Labute approximate surface area is 120 Å². The minimum absolute atomic E-state index is 0.0508. The van der Waals surface area contributed by atoms with Crippen LogP contribution in [0.5, 0.6) is 0 Å². The van der Waals surface area contributed by atoms with Crippen molar-refractivity contribution in [3.8, 4) is 6.07 Å². The molecule has 0 radical (unpaired) electrons. The van der Waals surface area contributed by atoms with Gasteiger partial charge in [-0.05, 0) is 29.8 Å².